The van der Waals surface area contributed by atoms with E-state index in [1.54, 1.807) is 0 Å². The number of aryl methyl sites for hydroxylation is 1. The zero-order valence-corrected chi connectivity index (χ0v) is 7.99. The Morgan fingerprint density at radius 3 is 3.07 bits per heavy atom. The molecule has 1 heterocycles. The first-order chi connectivity index (χ1) is 6.81. The van der Waals surface area contributed by atoms with Gasteiger partial charge in [0.05, 0.1) is 6.10 Å². The number of aromatic nitrogens is 1. The lowest BCUT2D eigenvalue weighted by molar-refractivity contribution is 0.303. The fourth-order valence-corrected chi connectivity index (χ4v) is 1.47. The number of hydrogen-bond donors (Lipinski definition) is 0. The molecule has 72 valence electrons. The molecular weight excluding hydrogens is 178 g/mol. The maximum absolute atomic E-state index is 5.66. The molecule has 0 bridgehead atoms. The Morgan fingerprint density at radius 2 is 2.29 bits per heavy atom. The third kappa shape index (κ3) is 1.35. The SMILES string of the molecule is Cc1nc2cc(OC3CC3)ccc2o1. The molecular formula is C11H11NO2. The second-order valence-electron chi connectivity index (χ2n) is 3.68. The molecule has 0 spiro atoms. The topological polar surface area (TPSA) is 35.3 Å². The van der Waals surface area contributed by atoms with Crippen LogP contribution in [0, 0.1) is 6.92 Å². The van der Waals surface area contributed by atoms with E-state index in [4.69, 9.17) is 9.15 Å². The van der Waals surface area contributed by atoms with Crippen LogP contribution in [0.4, 0.5) is 0 Å². The molecule has 3 nitrogen and oxygen atoms in total. The van der Waals surface area contributed by atoms with Gasteiger partial charge in [0, 0.05) is 13.0 Å². The lowest BCUT2D eigenvalue weighted by Gasteiger charge is -2.02. The Hall–Kier alpha value is -1.51. The Labute approximate surface area is 81.7 Å². The average molecular weight is 189 g/mol. The minimum Gasteiger partial charge on any atom is -0.490 e. The summed E-state index contributed by atoms with van der Waals surface area (Å²) in [5.41, 5.74) is 1.70. The van der Waals surface area contributed by atoms with Gasteiger partial charge in [0.2, 0.25) is 0 Å². The largest absolute Gasteiger partial charge is 0.490 e. The van der Waals surface area contributed by atoms with Crippen molar-refractivity contribution in [2.24, 2.45) is 0 Å². The van der Waals surface area contributed by atoms with E-state index in [1.165, 1.54) is 12.8 Å². The summed E-state index contributed by atoms with van der Waals surface area (Å²) in [6.45, 7) is 1.85. The second-order valence-corrected chi connectivity index (χ2v) is 3.68. The van der Waals surface area contributed by atoms with Crippen molar-refractivity contribution in [2.75, 3.05) is 0 Å². The molecule has 1 aromatic carbocycles. The lowest BCUT2D eigenvalue weighted by Crippen LogP contribution is -1.94. The first kappa shape index (κ1) is 7.85. The van der Waals surface area contributed by atoms with Crippen LogP contribution in [0.1, 0.15) is 18.7 Å². The summed E-state index contributed by atoms with van der Waals surface area (Å²) in [5, 5.41) is 0. The molecule has 1 fully saturated rings. The molecule has 0 atom stereocenters. The average Bonchev–Trinajstić information content (AvgIpc) is 2.86. The molecule has 1 saturated carbocycles. The first-order valence-corrected chi connectivity index (χ1v) is 4.85. The van der Waals surface area contributed by atoms with Gasteiger partial charge >= 0.3 is 0 Å². The van der Waals surface area contributed by atoms with E-state index in [1.807, 2.05) is 25.1 Å². The smallest absolute Gasteiger partial charge is 0.192 e. The van der Waals surface area contributed by atoms with Crippen molar-refractivity contribution in [3.8, 4) is 5.75 Å². The van der Waals surface area contributed by atoms with Crippen LogP contribution in [0.2, 0.25) is 0 Å². The Kier molecular flexibility index (Phi) is 1.54. The van der Waals surface area contributed by atoms with Gasteiger partial charge in [0.25, 0.3) is 0 Å². The van der Waals surface area contributed by atoms with Crippen LogP contribution in [0.15, 0.2) is 22.6 Å². The highest BCUT2D eigenvalue weighted by Crippen LogP contribution is 2.28. The quantitative estimate of drug-likeness (QED) is 0.728. The zero-order chi connectivity index (χ0) is 9.54. The minimum absolute atomic E-state index is 0.431. The van der Waals surface area contributed by atoms with Crippen molar-refractivity contribution in [2.45, 2.75) is 25.9 Å². The third-order valence-electron chi connectivity index (χ3n) is 2.29. The zero-order valence-electron chi connectivity index (χ0n) is 7.99. The highest BCUT2D eigenvalue weighted by molar-refractivity contribution is 5.74. The number of ether oxygens (including phenoxy) is 1. The van der Waals surface area contributed by atoms with Crippen LogP contribution in [0.5, 0.6) is 5.75 Å². The van der Waals surface area contributed by atoms with Crippen molar-refractivity contribution in [3.05, 3.63) is 24.1 Å². The molecule has 3 heteroatoms. The predicted octanol–water partition coefficient (Wildman–Crippen LogP) is 2.68. The van der Waals surface area contributed by atoms with Crippen molar-refractivity contribution in [1.29, 1.82) is 0 Å². The maximum Gasteiger partial charge on any atom is 0.192 e. The molecule has 0 unspecified atom stereocenters. The lowest BCUT2D eigenvalue weighted by atomic mass is 10.3. The van der Waals surface area contributed by atoms with Crippen molar-refractivity contribution in [1.82, 2.24) is 4.98 Å². The summed E-state index contributed by atoms with van der Waals surface area (Å²) in [4.78, 5) is 4.25. The standard InChI is InChI=1S/C11H11NO2/c1-7-12-10-6-9(14-8-2-3-8)4-5-11(10)13-7/h4-6,8H,2-3H2,1H3. The summed E-state index contributed by atoms with van der Waals surface area (Å²) < 4.78 is 11.0. The van der Waals surface area contributed by atoms with Gasteiger partial charge in [0.1, 0.15) is 11.3 Å². The molecule has 1 aromatic heterocycles. The number of benzene rings is 1. The van der Waals surface area contributed by atoms with E-state index in [2.05, 4.69) is 4.98 Å². The number of oxazole rings is 1. The fourth-order valence-electron chi connectivity index (χ4n) is 1.47. The van der Waals surface area contributed by atoms with Gasteiger partial charge in [-0.2, -0.15) is 0 Å². The van der Waals surface area contributed by atoms with E-state index in [-0.39, 0.29) is 0 Å². The summed E-state index contributed by atoms with van der Waals surface area (Å²) in [6, 6.07) is 5.78. The van der Waals surface area contributed by atoms with Crippen LogP contribution >= 0.6 is 0 Å². The van der Waals surface area contributed by atoms with E-state index in [9.17, 15) is 0 Å². The minimum atomic E-state index is 0.431. The molecule has 1 aliphatic carbocycles. The van der Waals surface area contributed by atoms with Gasteiger partial charge in [-0.05, 0) is 25.0 Å². The van der Waals surface area contributed by atoms with Crippen molar-refractivity contribution >= 4 is 11.1 Å². The first-order valence-electron chi connectivity index (χ1n) is 4.85. The Bertz CT molecular complexity index is 471. The van der Waals surface area contributed by atoms with Gasteiger partial charge < -0.3 is 9.15 Å². The highest BCUT2D eigenvalue weighted by atomic mass is 16.5. The third-order valence-corrected chi connectivity index (χ3v) is 2.29. The van der Waals surface area contributed by atoms with E-state index in [0.717, 1.165) is 16.8 Å². The van der Waals surface area contributed by atoms with Gasteiger partial charge in [-0.15, -0.1) is 0 Å². The molecule has 0 N–H and O–H groups in total. The van der Waals surface area contributed by atoms with Crippen molar-refractivity contribution < 1.29 is 9.15 Å². The summed E-state index contributed by atoms with van der Waals surface area (Å²) in [5.74, 6) is 1.59. The van der Waals surface area contributed by atoms with Crippen molar-refractivity contribution in [3.63, 3.8) is 0 Å². The predicted molar refractivity (Wildman–Crippen MR) is 52.4 cm³/mol. The molecule has 14 heavy (non-hydrogen) atoms. The molecule has 0 saturated heterocycles. The summed E-state index contributed by atoms with van der Waals surface area (Å²) >= 11 is 0. The monoisotopic (exact) mass is 189 g/mol. The molecule has 0 amide bonds. The number of hydrogen-bond acceptors (Lipinski definition) is 3. The molecule has 1 aliphatic rings. The van der Waals surface area contributed by atoms with Gasteiger partial charge in [-0.1, -0.05) is 0 Å². The van der Waals surface area contributed by atoms with E-state index in [0.29, 0.717) is 12.0 Å². The van der Waals surface area contributed by atoms with Gasteiger partial charge in [-0.3, -0.25) is 0 Å². The van der Waals surface area contributed by atoms with Crippen LogP contribution in [-0.4, -0.2) is 11.1 Å². The fraction of sp³-hybridized carbons (Fsp3) is 0.364. The Morgan fingerprint density at radius 1 is 1.43 bits per heavy atom. The van der Waals surface area contributed by atoms with Gasteiger partial charge in [0.15, 0.2) is 11.5 Å². The van der Waals surface area contributed by atoms with Gasteiger partial charge in [-0.25, -0.2) is 4.98 Å². The molecule has 0 aliphatic heterocycles. The summed E-state index contributed by atoms with van der Waals surface area (Å²) in [6.07, 6.45) is 2.78. The van der Waals surface area contributed by atoms with E-state index >= 15 is 0 Å². The normalized spacial score (nSPS) is 16.1. The highest BCUT2D eigenvalue weighted by Gasteiger charge is 2.23. The number of nitrogens with zero attached hydrogens (tertiary/aromatic N) is 1. The Balaban J connectivity index is 2.00. The van der Waals surface area contributed by atoms with Crippen LogP contribution in [0.25, 0.3) is 11.1 Å². The molecule has 3 rings (SSSR count). The summed E-state index contributed by atoms with van der Waals surface area (Å²) in [7, 11) is 0. The number of rotatable bonds is 2. The molecule has 2 aromatic rings. The maximum atomic E-state index is 5.66. The molecule has 0 radical (unpaired) electrons. The van der Waals surface area contributed by atoms with E-state index < -0.39 is 0 Å². The van der Waals surface area contributed by atoms with Crippen LogP contribution in [-0.2, 0) is 0 Å². The van der Waals surface area contributed by atoms with Crippen LogP contribution in [0.3, 0.4) is 0 Å². The second kappa shape index (κ2) is 2.74. The number of fused-ring (bicyclic) bond motifs is 1. The van der Waals surface area contributed by atoms with Crippen LogP contribution < -0.4 is 4.74 Å².